The Morgan fingerprint density at radius 1 is 1.17 bits per heavy atom. The van der Waals surface area contributed by atoms with Crippen LogP contribution in [0.4, 0.5) is 0 Å². The Morgan fingerprint density at radius 3 is 2.70 bits per heavy atom. The first kappa shape index (κ1) is 14.2. The van der Waals surface area contributed by atoms with E-state index in [0.717, 1.165) is 31.7 Å². The highest BCUT2D eigenvalue weighted by atomic mass is 32.1. The molecule has 4 rings (SSSR count). The van der Waals surface area contributed by atoms with E-state index in [1.165, 1.54) is 11.3 Å². The third-order valence-electron chi connectivity index (χ3n) is 3.53. The van der Waals surface area contributed by atoms with E-state index >= 15 is 0 Å². The van der Waals surface area contributed by atoms with E-state index in [-0.39, 0.29) is 6.42 Å². The van der Waals surface area contributed by atoms with E-state index in [4.69, 9.17) is 0 Å². The van der Waals surface area contributed by atoms with Gasteiger partial charge in [0.2, 0.25) is 0 Å². The van der Waals surface area contributed by atoms with Crippen LogP contribution in [0.3, 0.4) is 0 Å². The normalized spacial score (nSPS) is 11.1. The number of rotatable bonds is 4. The van der Waals surface area contributed by atoms with Crippen LogP contribution in [-0.4, -0.2) is 20.5 Å². The Balaban J connectivity index is 1.93. The molecule has 0 radical (unpaired) electrons. The number of carboxylic acids is 1. The molecule has 0 spiro atoms. The Hall–Kier alpha value is -2.44. The number of fused-ring (bicyclic) bond motifs is 1. The molecule has 4 aromatic rings. The van der Waals surface area contributed by atoms with Crippen molar-refractivity contribution in [2.75, 3.05) is 0 Å². The van der Waals surface area contributed by atoms with Crippen molar-refractivity contribution in [3.8, 4) is 21.8 Å². The standard InChI is InChI=1S/C17H12N2O2S2/c20-15(21)9-14-16(11-5-2-1-3-6-11)19-10-12(18-17(19)23-14)13-7-4-8-22-13/h1-8,10H,9H2,(H,20,21). The molecule has 0 saturated heterocycles. The van der Waals surface area contributed by atoms with Crippen LogP contribution in [0.1, 0.15) is 4.88 Å². The Morgan fingerprint density at radius 2 is 2.00 bits per heavy atom. The maximum Gasteiger partial charge on any atom is 0.308 e. The van der Waals surface area contributed by atoms with E-state index in [0.29, 0.717) is 0 Å². The van der Waals surface area contributed by atoms with Crippen molar-refractivity contribution >= 4 is 33.6 Å². The van der Waals surface area contributed by atoms with Crippen LogP contribution in [0.15, 0.2) is 54.0 Å². The van der Waals surface area contributed by atoms with Gasteiger partial charge in [0.15, 0.2) is 4.96 Å². The largest absolute Gasteiger partial charge is 0.481 e. The van der Waals surface area contributed by atoms with Gasteiger partial charge in [-0.05, 0) is 17.0 Å². The molecule has 1 aromatic carbocycles. The second kappa shape index (κ2) is 5.64. The zero-order valence-electron chi connectivity index (χ0n) is 12.0. The summed E-state index contributed by atoms with van der Waals surface area (Å²) >= 11 is 3.09. The van der Waals surface area contributed by atoms with Crippen molar-refractivity contribution in [3.05, 3.63) is 58.9 Å². The lowest BCUT2D eigenvalue weighted by molar-refractivity contribution is -0.136. The summed E-state index contributed by atoms with van der Waals surface area (Å²) < 4.78 is 2.01. The first-order valence-electron chi connectivity index (χ1n) is 7.04. The number of thiazole rings is 1. The topological polar surface area (TPSA) is 54.6 Å². The van der Waals surface area contributed by atoms with Crippen molar-refractivity contribution in [3.63, 3.8) is 0 Å². The Kier molecular flexibility index (Phi) is 3.48. The molecule has 0 saturated carbocycles. The summed E-state index contributed by atoms with van der Waals surface area (Å²) in [5.74, 6) is -0.829. The predicted octanol–water partition coefficient (Wildman–Crippen LogP) is 4.42. The fourth-order valence-corrected chi connectivity index (χ4v) is 4.38. The smallest absolute Gasteiger partial charge is 0.308 e. The highest BCUT2D eigenvalue weighted by Gasteiger charge is 2.19. The number of imidazole rings is 1. The predicted molar refractivity (Wildman–Crippen MR) is 93.2 cm³/mol. The minimum atomic E-state index is -0.829. The summed E-state index contributed by atoms with van der Waals surface area (Å²) in [5, 5.41) is 11.2. The quantitative estimate of drug-likeness (QED) is 0.598. The van der Waals surface area contributed by atoms with Crippen LogP contribution in [0.2, 0.25) is 0 Å². The number of hydrogen-bond donors (Lipinski definition) is 1. The van der Waals surface area contributed by atoms with E-state index in [9.17, 15) is 9.90 Å². The molecular formula is C17H12N2O2S2. The molecular weight excluding hydrogens is 328 g/mol. The minimum absolute atomic E-state index is 0.00654. The average Bonchev–Trinajstić information content (AvgIpc) is 3.22. The van der Waals surface area contributed by atoms with Crippen LogP contribution in [-0.2, 0) is 11.2 Å². The molecule has 0 aliphatic rings. The fraction of sp³-hybridized carbons (Fsp3) is 0.0588. The van der Waals surface area contributed by atoms with E-state index in [1.54, 1.807) is 11.3 Å². The fourth-order valence-electron chi connectivity index (χ4n) is 2.58. The molecule has 0 amide bonds. The second-order valence-electron chi connectivity index (χ2n) is 5.07. The molecule has 0 unspecified atom stereocenters. The van der Waals surface area contributed by atoms with Crippen LogP contribution < -0.4 is 0 Å². The molecule has 23 heavy (non-hydrogen) atoms. The third kappa shape index (κ3) is 2.56. The zero-order chi connectivity index (χ0) is 15.8. The van der Waals surface area contributed by atoms with Gasteiger partial charge in [0.1, 0.15) is 5.69 Å². The van der Waals surface area contributed by atoms with Crippen LogP contribution in [0, 0.1) is 0 Å². The second-order valence-corrected chi connectivity index (χ2v) is 7.08. The van der Waals surface area contributed by atoms with Crippen LogP contribution in [0.5, 0.6) is 0 Å². The Labute approximate surface area is 140 Å². The summed E-state index contributed by atoms with van der Waals surface area (Å²) in [6.07, 6.45) is 2.00. The van der Waals surface area contributed by atoms with Gasteiger partial charge < -0.3 is 5.11 Å². The average molecular weight is 340 g/mol. The molecule has 0 bridgehead atoms. The lowest BCUT2D eigenvalue weighted by Gasteiger charge is -2.03. The van der Waals surface area contributed by atoms with Crippen molar-refractivity contribution in [1.29, 1.82) is 0 Å². The minimum Gasteiger partial charge on any atom is -0.481 e. The van der Waals surface area contributed by atoms with Gasteiger partial charge in [0.05, 0.1) is 17.0 Å². The number of carboxylic acid groups (broad SMARTS) is 1. The van der Waals surface area contributed by atoms with Gasteiger partial charge in [0.25, 0.3) is 0 Å². The molecule has 3 heterocycles. The molecule has 4 nitrogen and oxygen atoms in total. The van der Waals surface area contributed by atoms with Gasteiger partial charge >= 0.3 is 5.97 Å². The molecule has 1 N–H and O–H groups in total. The van der Waals surface area contributed by atoms with Gasteiger partial charge in [-0.15, -0.1) is 22.7 Å². The van der Waals surface area contributed by atoms with E-state index in [2.05, 4.69) is 4.98 Å². The molecule has 3 aromatic heterocycles. The van der Waals surface area contributed by atoms with E-state index < -0.39 is 5.97 Å². The molecule has 0 aliphatic carbocycles. The SMILES string of the molecule is O=C(O)Cc1sc2nc(-c3cccs3)cn2c1-c1ccccc1. The molecule has 0 atom stereocenters. The number of aromatic nitrogens is 2. The van der Waals surface area contributed by atoms with Crippen molar-refractivity contribution < 1.29 is 9.90 Å². The number of carbonyl (C=O) groups is 1. The highest BCUT2D eigenvalue weighted by Crippen LogP contribution is 2.35. The first-order valence-corrected chi connectivity index (χ1v) is 8.74. The third-order valence-corrected chi connectivity index (χ3v) is 5.47. The molecule has 114 valence electrons. The van der Waals surface area contributed by atoms with Gasteiger partial charge in [-0.25, -0.2) is 4.98 Å². The van der Waals surface area contributed by atoms with Crippen LogP contribution in [0.25, 0.3) is 26.8 Å². The van der Waals surface area contributed by atoms with Crippen LogP contribution >= 0.6 is 22.7 Å². The van der Waals surface area contributed by atoms with Gasteiger partial charge in [-0.1, -0.05) is 36.4 Å². The molecule has 6 heteroatoms. The number of nitrogens with zero attached hydrogens (tertiary/aromatic N) is 2. The Bertz CT molecular complexity index is 969. The molecule has 0 aliphatic heterocycles. The van der Waals surface area contributed by atoms with Crippen molar-refractivity contribution in [2.24, 2.45) is 0 Å². The number of thiophene rings is 1. The van der Waals surface area contributed by atoms with Gasteiger partial charge in [-0.2, -0.15) is 0 Å². The number of aliphatic carboxylic acids is 1. The maximum atomic E-state index is 11.2. The summed E-state index contributed by atoms with van der Waals surface area (Å²) in [6, 6.07) is 13.9. The number of hydrogen-bond acceptors (Lipinski definition) is 4. The maximum absolute atomic E-state index is 11.2. The van der Waals surface area contributed by atoms with Gasteiger partial charge in [0, 0.05) is 11.1 Å². The highest BCUT2D eigenvalue weighted by molar-refractivity contribution is 7.17. The number of benzene rings is 1. The zero-order valence-corrected chi connectivity index (χ0v) is 13.6. The van der Waals surface area contributed by atoms with E-state index in [1.807, 2.05) is 58.4 Å². The summed E-state index contributed by atoms with van der Waals surface area (Å²) in [5.41, 5.74) is 2.85. The summed E-state index contributed by atoms with van der Waals surface area (Å²) in [4.78, 5) is 18.6. The van der Waals surface area contributed by atoms with Crippen molar-refractivity contribution in [2.45, 2.75) is 6.42 Å². The first-order chi connectivity index (χ1) is 11.2. The lowest BCUT2D eigenvalue weighted by Crippen LogP contribution is -2.00. The summed E-state index contributed by atoms with van der Waals surface area (Å²) in [7, 11) is 0. The summed E-state index contributed by atoms with van der Waals surface area (Å²) in [6.45, 7) is 0. The van der Waals surface area contributed by atoms with Gasteiger partial charge in [-0.3, -0.25) is 9.20 Å². The van der Waals surface area contributed by atoms with Crippen molar-refractivity contribution in [1.82, 2.24) is 9.38 Å². The molecule has 0 fully saturated rings. The monoisotopic (exact) mass is 340 g/mol. The lowest BCUT2D eigenvalue weighted by atomic mass is 10.1.